The molecule has 0 spiro atoms. The molecule has 5 atom stereocenters. The minimum Gasteiger partial charge on any atom is -0.376 e. The van der Waals surface area contributed by atoms with E-state index < -0.39 is 6.23 Å². The van der Waals surface area contributed by atoms with Crippen LogP contribution in [0.5, 0.6) is 0 Å². The van der Waals surface area contributed by atoms with Crippen LogP contribution in [0, 0.1) is 11.8 Å². The van der Waals surface area contributed by atoms with Crippen LogP contribution >= 0.6 is 0 Å². The zero-order valence-corrected chi connectivity index (χ0v) is 15.8. The number of nitrogens with zero attached hydrogens (tertiary/aromatic N) is 1. The van der Waals surface area contributed by atoms with Crippen LogP contribution in [0.3, 0.4) is 0 Å². The number of likely N-dealkylation sites (tertiary alicyclic amines) is 1. The van der Waals surface area contributed by atoms with E-state index in [0.29, 0.717) is 17.4 Å². The predicted molar refractivity (Wildman–Crippen MR) is 100 cm³/mol. The Morgan fingerprint density at radius 3 is 2.69 bits per heavy atom. The topological polar surface area (TPSA) is 81.7 Å². The summed E-state index contributed by atoms with van der Waals surface area (Å²) in [7, 11) is 0. The third kappa shape index (κ3) is 4.29. The van der Waals surface area contributed by atoms with Gasteiger partial charge >= 0.3 is 0 Å². The SMILES string of the molecule is C=C(C(=O)NC1CC1)C(CCC)NC(O)C1C2CCCCC2CN1C=O. The number of rotatable bonds is 9. The van der Waals surface area contributed by atoms with Crippen LogP contribution in [-0.4, -0.2) is 53.2 Å². The lowest BCUT2D eigenvalue weighted by Gasteiger charge is -2.35. The Bertz CT molecular complexity index is 534. The van der Waals surface area contributed by atoms with Crippen molar-refractivity contribution < 1.29 is 14.7 Å². The van der Waals surface area contributed by atoms with Gasteiger partial charge in [0, 0.05) is 24.2 Å². The highest BCUT2D eigenvalue weighted by atomic mass is 16.3. The van der Waals surface area contributed by atoms with Crippen LogP contribution < -0.4 is 10.6 Å². The Morgan fingerprint density at radius 2 is 2.04 bits per heavy atom. The summed E-state index contributed by atoms with van der Waals surface area (Å²) in [6.07, 6.45) is 8.27. The first-order valence-corrected chi connectivity index (χ1v) is 10.2. The van der Waals surface area contributed by atoms with Crippen molar-refractivity contribution in [3.8, 4) is 0 Å². The number of hydrogen-bond acceptors (Lipinski definition) is 4. The highest BCUT2D eigenvalue weighted by molar-refractivity contribution is 5.94. The van der Waals surface area contributed by atoms with Crippen molar-refractivity contribution in [3.05, 3.63) is 12.2 Å². The maximum Gasteiger partial charge on any atom is 0.248 e. The zero-order chi connectivity index (χ0) is 18.7. The summed E-state index contributed by atoms with van der Waals surface area (Å²) >= 11 is 0. The number of aliphatic hydroxyl groups is 1. The molecule has 3 aliphatic rings. The molecule has 2 saturated carbocycles. The van der Waals surface area contributed by atoms with Gasteiger partial charge in [0.1, 0.15) is 6.23 Å². The van der Waals surface area contributed by atoms with Gasteiger partial charge in [-0.3, -0.25) is 14.9 Å². The monoisotopic (exact) mass is 363 g/mol. The second kappa shape index (κ2) is 8.53. The maximum atomic E-state index is 12.4. The Morgan fingerprint density at radius 1 is 1.31 bits per heavy atom. The molecule has 2 aliphatic carbocycles. The average molecular weight is 364 g/mol. The smallest absolute Gasteiger partial charge is 0.248 e. The van der Waals surface area contributed by atoms with Gasteiger partial charge in [-0.05, 0) is 43.9 Å². The fourth-order valence-electron chi connectivity index (χ4n) is 4.70. The molecule has 1 aliphatic heterocycles. The molecule has 2 amide bonds. The van der Waals surface area contributed by atoms with Crippen LogP contribution in [0.2, 0.25) is 0 Å². The van der Waals surface area contributed by atoms with E-state index in [9.17, 15) is 14.7 Å². The van der Waals surface area contributed by atoms with Gasteiger partial charge < -0.3 is 15.3 Å². The number of hydrogen-bond donors (Lipinski definition) is 3. The normalized spacial score (nSPS) is 30.4. The Labute approximate surface area is 156 Å². The third-order valence-corrected chi connectivity index (χ3v) is 6.27. The maximum absolute atomic E-state index is 12.4. The lowest BCUT2D eigenvalue weighted by molar-refractivity contribution is -0.122. The van der Waals surface area contributed by atoms with Gasteiger partial charge in [-0.1, -0.05) is 32.8 Å². The van der Waals surface area contributed by atoms with Gasteiger partial charge in [0.15, 0.2) is 0 Å². The van der Waals surface area contributed by atoms with Gasteiger partial charge in [0.05, 0.1) is 6.04 Å². The molecule has 0 bridgehead atoms. The van der Waals surface area contributed by atoms with Gasteiger partial charge in [-0.15, -0.1) is 0 Å². The Kier molecular flexibility index (Phi) is 6.35. The third-order valence-electron chi connectivity index (χ3n) is 6.27. The first-order valence-electron chi connectivity index (χ1n) is 10.2. The van der Waals surface area contributed by atoms with Crippen LogP contribution in [0.25, 0.3) is 0 Å². The van der Waals surface area contributed by atoms with Crippen molar-refractivity contribution in [1.29, 1.82) is 0 Å². The summed E-state index contributed by atoms with van der Waals surface area (Å²) in [6, 6.07) is -0.198. The van der Waals surface area contributed by atoms with Crippen molar-refractivity contribution in [3.63, 3.8) is 0 Å². The van der Waals surface area contributed by atoms with Gasteiger partial charge in [-0.25, -0.2) is 0 Å². The minimum atomic E-state index is -0.838. The number of fused-ring (bicyclic) bond motifs is 1. The lowest BCUT2D eigenvalue weighted by atomic mass is 9.78. The number of carbonyl (C=O) groups is 2. The Balaban J connectivity index is 1.65. The van der Waals surface area contributed by atoms with E-state index in [0.717, 1.165) is 57.9 Å². The summed E-state index contributed by atoms with van der Waals surface area (Å²) in [5.41, 5.74) is 0.480. The van der Waals surface area contributed by atoms with Gasteiger partial charge in [-0.2, -0.15) is 0 Å². The standard InChI is InChI=1S/C20H33N3O3/c1-3-6-17(13(2)19(25)21-15-9-10-15)22-20(26)18-16-8-5-4-7-14(16)11-23(18)12-24/h12,14-18,20,22,26H,2-11H2,1H3,(H,21,25). The van der Waals surface area contributed by atoms with E-state index in [-0.39, 0.29) is 24.0 Å². The van der Waals surface area contributed by atoms with E-state index >= 15 is 0 Å². The molecule has 0 radical (unpaired) electrons. The van der Waals surface area contributed by atoms with Crippen LogP contribution in [0.4, 0.5) is 0 Å². The van der Waals surface area contributed by atoms with Crippen molar-refractivity contribution in [1.82, 2.24) is 15.5 Å². The highest BCUT2D eigenvalue weighted by Gasteiger charge is 2.46. The number of nitrogens with one attached hydrogen (secondary N) is 2. The second-order valence-electron chi connectivity index (χ2n) is 8.23. The van der Waals surface area contributed by atoms with Crippen LogP contribution in [0.15, 0.2) is 12.2 Å². The number of amides is 2. The van der Waals surface area contributed by atoms with Crippen molar-refractivity contribution in [2.75, 3.05) is 6.54 Å². The number of carbonyl (C=O) groups excluding carboxylic acids is 2. The molecule has 1 heterocycles. The largest absolute Gasteiger partial charge is 0.376 e. The van der Waals surface area contributed by atoms with Crippen LogP contribution in [0.1, 0.15) is 58.3 Å². The molecule has 26 heavy (non-hydrogen) atoms. The van der Waals surface area contributed by atoms with E-state index in [4.69, 9.17) is 0 Å². The summed E-state index contributed by atoms with van der Waals surface area (Å²) in [5, 5.41) is 17.1. The van der Waals surface area contributed by atoms with Crippen molar-refractivity contribution in [2.24, 2.45) is 11.8 Å². The van der Waals surface area contributed by atoms with Gasteiger partial charge in [0.2, 0.25) is 12.3 Å². The second-order valence-corrected chi connectivity index (χ2v) is 8.23. The summed E-state index contributed by atoms with van der Waals surface area (Å²) in [4.78, 5) is 25.7. The zero-order valence-electron chi connectivity index (χ0n) is 15.8. The summed E-state index contributed by atoms with van der Waals surface area (Å²) in [6.45, 7) is 6.77. The van der Waals surface area contributed by atoms with E-state index in [1.165, 1.54) is 6.42 Å². The average Bonchev–Trinajstić information content (AvgIpc) is 3.36. The van der Waals surface area contributed by atoms with Gasteiger partial charge in [0.25, 0.3) is 0 Å². The molecular weight excluding hydrogens is 330 g/mol. The van der Waals surface area contributed by atoms with E-state index in [1.807, 2.05) is 0 Å². The molecule has 5 unspecified atom stereocenters. The molecular formula is C20H33N3O3. The van der Waals surface area contributed by atoms with Crippen LogP contribution in [-0.2, 0) is 9.59 Å². The van der Waals surface area contributed by atoms with Crippen molar-refractivity contribution >= 4 is 12.3 Å². The first-order chi connectivity index (χ1) is 12.5. The van der Waals surface area contributed by atoms with E-state index in [2.05, 4.69) is 24.1 Å². The fourth-order valence-corrected chi connectivity index (χ4v) is 4.70. The molecule has 6 heteroatoms. The fraction of sp³-hybridized carbons (Fsp3) is 0.800. The quantitative estimate of drug-likeness (QED) is 0.330. The predicted octanol–water partition coefficient (Wildman–Crippen LogP) is 1.54. The molecule has 1 saturated heterocycles. The first kappa shape index (κ1) is 19.4. The molecule has 3 rings (SSSR count). The highest BCUT2D eigenvalue weighted by Crippen LogP contribution is 2.40. The minimum absolute atomic E-state index is 0.125. The molecule has 0 aromatic carbocycles. The molecule has 3 fully saturated rings. The molecule has 0 aromatic heterocycles. The van der Waals surface area contributed by atoms with E-state index in [1.54, 1.807) is 4.90 Å². The Hall–Kier alpha value is -1.40. The number of aliphatic hydroxyl groups excluding tert-OH is 1. The summed E-state index contributed by atoms with van der Waals surface area (Å²) in [5.74, 6) is 0.702. The molecule has 146 valence electrons. The molecule has 6 nitrogen and oxygen atoms in total. The van der Waals surface area contributed by atoms with Crippen molar-refractivity contribution in [2.45, 2.75) is 82.6 Å². The summed E-state index contributed by atoms with van der Waals surface area (Å²) < 4.78 is 0. The lowest BCUT2D eigenvalue weighted by Crippen LogP contribution is -2.54. The molecule has 0 aromatic rings. The molecule has 3 N–H and O–H groups in total.